The first-order valence-electron chi connectivity index (χ1n) is 3.37. The van der Waals surface area contributed by atoms with E-state index in [1.54, 1.807) is 11.3 Å². The summed E-state index contributed by atoms with van der Waals surface area (Å²) in [6, 6.07) is 0. The number of aldehydes is 1. The number of hydrogen-bond acceptors (Lipinski definition) is 3. The number of halogens is 1. The van der Waals surface area contributed by atoms with Gasteiger partial charge in [-0.2, -0.15) is 0 Å². The molecule has 1 aromatic rings. The largest absolute Gasteiger partial charge is 0.303 e. The molecule has 2 nitrogen and oxygen atoms in total. The molecule has 0 aromatic carbocycles. The van der Waals surface area contributed by atoms with Gasteiger partial charge in [-0.3, -0.25) is 0 Å². The molecule has 0 N–H and O–H groups in total. The maximum Gasteiger partial charge on any atom is 0.159 e. The number of aromatic nitrogens is 1. The average molecular weight is 232 g/mol. The third-order valence-electron chi connectivity index (χ3n) is 1.89. The molecule has 4 heteroatoms. The molecule has 2 rings (SSSR count). The van der Waals surface area contributed by atoms with Crippen molar-refractivity contribution >= 4 is 33.6 Å². The molecule has 11 heavy (non-hydrogen) atoms. The molecule has 1 saturated carbocycles. The Labute approximate surface area is 76.8 Å². The van der Waals surface area contributed by atoms with Gasteiger partial charge in [0.2, 0.25) is 0 Å². The molecule has 58 valence electrons. The minimum Gasteiger partial charge on any atom is -0.303 e. The van der Waals surface area contributed by atoms with Gasteiger partial charge < -0.3 is 4.79 Å². The van der Waals surface area contributed by atoms with Crippen molar-refractivity contribution in [2.24, 2.45) is 5.92 Å². The van der Waals surface area contributed by atoms with Crippen LogP contribution in [-0.4, -0.2) is 11.3 Å². The van der Waals surface area contributed by atoms with E-state index in [9.17, 15) is 4.79 Å². The van der Waals surface area contributed by atoms with Crippen LogP contribution in [0.4, 0.5) is 0 Å². The Morgan fingerprint density at radius 2 is 2.64 bits per heavy atom. The Hall–Kier alpha value is -0.220. The Morgan fingerprint density at radius 1 is 1.82 bits per heavy atom. The van der Waals surface area contributed by atoms with Crippen LogP contribution < -0.4 is 0 Å². The molecule has 1 fully saturated rings. The molecular formula is C7H6BrNOS. The zero-order chi connectivity index (χ0) is 7.84. The summed E-state index contributed by atoms with van der Waals surface area (Å²) in [5.41, 5.74) is 1.07. The summed E-state index contributed by atoms with van der Waals surface area (Å²) in [4.78, 5) is 14.6. The van der Waals surface area contributed by atoms with E-state index in [0.717, 1.165) is 22.3 Å². The van der Waals surface area contributed by atoms with Crippen LogP contribution in [0.25, 0.3) is 0 Å². The summed E-state index contributed by atoms with van der Waals surface area (Å²) >= 11 is 4.86. The van der Waals surface area contributed by atoms with Crippen LogP contribution in [0.2, 0.25) is 0 Å². The summed E-state index contributed by atoms with van der Waals surface area (Å²) in [6.07, 6.45) is 2.01. The molecule has 0 spiro atoms. The monoisotopic (exact) mass is 231 g/mol. The molecule has 2 atom stereocenters. The van der Waals surface area contributed by atoms with Gasteiger partial charge in [-0.15, -0.1) is 11.3 Å². The minimum absolute atomic E-state index is 0.240. The Morgan fingerprint density at radius 3 is 3.09 bits per heavy atom. The van der Waals surface area contributed by atoms with Crippen LogP contribution in [0.15, 0.2) is 9.30 Å². The van der Waals surface area contributed by atoms with Gasteiger partial charge >= 0.3 is 0 Å². The van der Waals surface area contributed by atoms with Crippen molar-refractivity contribution in [3.8, 4) is 0 Å². The second-order valence-electron chi connectivity index (χ2n) is 2.67. The van der Waals surface area contributed by atoms with Crippen molar-refractivity contribution < 1.29 is 4.79 Å². The van der Waals surface area contributed by atoms with E-state index >= 15 is 0 Å². The van der Waals surface area contributed by atoms with Gasteiger partial charge in [-0.25, -0.2) is 4.98 Å². The van der Waals surface area contributed by atoms with E-state index in [1.807, 2.05) is 5.38 Å². The quantitative estimate of drug-likeness (QED) is 0.731. The fraction of sp³-hybridized carbons (Fsp3) is 0.429. The molecular weight excluding hydrogens is 226 g/mol. The second kappa shape index (κ2) is 2.68. The zero-order valence-corrected chi connectivity index (χ0v) is 8.06. The van der Waals surface area contributed by atoms with E-state index < -0.39 is 0 Å². The highest BCUT2D eigenvalue weighted by Gasteiger charge is 2.39. The molecule has 0 aliphatic heterocycles. The molecule has 0 amide bonds. The molecule has 0 radical (unpaired) electrons. The molecule has 0 bridgehead atoms. The van der Waals surface area contributed by atoms with Crippen molar-refractivity contribution in [2.45, 2.75) is 12.3 Å². The predicted octanol–water partition coefficient (Wildman–Crippen LogP) is 2.21. The fourth-order valence-electron chi connectivity index (χ4n) is 1.14. The maximum atomic E-state index is 10.3. The first-order chi connectivity index (χ1) is 5.31. The average Bonchev–Trinajstić information content (AvgIpc) is 2.68. The lowest BCUT2D eigenvalue weighted by molar-refractivity contribution is -0.108. The van der Waals surface area contributed by atoms with Gasteiger partial charge in [0.1, 0.15) is 6.29 Å². The lowest BCUT2D eigenvalue weighted by Crippen LogP contribution is -1.83. The van der Waals surface area contributed by atoms with Gasteiger partial charge in [0.15, 0.2) is 3.92 Å². The van der Waals surface area contributed by atoms with E-state index in [0.29, 0.717) is 5.92 Å². The van der Waals surface area contributed by atoms with Gasteiger partial charge in [-0.05, 0) is 22.4 Å². The highest BCUT2D eigenvalue weighted by Crippen LogP contribution is 2.46. The van der Waals surface area contributed by atoms with Crippen molar-refractivity contribution in [3.63, 3.8) is 0 Å². The molecule has 1 aliphatic rings. The molecule has 1 aromatic heterocycles. The number of rotatable bonds is 2. The standard InChI is InChI=1S/C7H6BrNOS/c8-7-9-6(3-11-7)5-1-4(5)2-10/h2-5H,1H2. The normalized spacial score (nSPS) is 28.5. The minimum atomic E-state index is 0.240. The Kier molecular flexibility index (Phi) is 1.81. The fourth-order valence-corrected chi connectivity index (χ4v) is 2.23. The highest BCUT2D eigenvalue weighted by atomic mass is 79.9. The zero-order valence-electron chi connectivity index (χ0n) is 5.66. The van der Waals surface area contributed by atoms with E-state index in [-0.39, 0.29) is 5.92 Å². The Bertz CT molecular complexity index is 286. The van der Waals surface area contributed by atoms with E-state index in [4.69, 9.17) is 0 Å². The van der Waals surface area contributed by atoms with Crippen LogP contribution in [0.3, 0.4) is 0 Å². The van der Waals surface area contributed by atoms with Crippen LogP contribution in [0.5, 0.6) is 0 Å². The van der Waals surface area contributed by atoms with Crippen molar-refractivity contribution in [1.29, 1.82) is 0 Å². The van der Waals surface area contributed by atoms with Crippen molar-refractivity contribution in [2.75, 3.05) is 0 Å². The molecule has 1 heterocycles. The topological polar surface area (TPSA) is 30.0 Å². The van der Waals surface area contributed by atoms with E-state index in [1.165, 1.54) is 0 Å². The van der Waals surface area contributed by atoms with Crippen molar-refractivity contribution in [3.05, 3.63) is 15.0 Å². The van der Waals surface area contributed by atoms with Gasteiger partial charge in [0.05, 0.1) is 5.69 Å². The number of carbonyl (C=O) groups excluding carboxylic acids is 1. The third-order valence-corrected chi connectivity index (χ3v) is 3.27. The molecule has 1 aliphatic carbocycles. The highest BCUT2D eigenvalue weighted by molar-refractivity contribution is 9.11. The first kappa shape index (κ1) is 7.43. The lowest BCUT2D eigenvalue weighted by Gasteiger charge is -1.85. The third kappa shape index (κ3) is 1.37. The molecule has 0 saturated heterocycles. The lowest BCUT2D eigenvalue weighted by atomic mass is 10.3. The first-order valence-corrected chi connectivity index (χ1v) is 5.04. The van der Waals surface area contributed by atoms with Gasteiger partial charge in [0, 0.05) is 17.2 Å². The van der Waals surface area contributed by atoms with Gasteiger partial charge in [0.25, 0.3) is 0 Å². The van der Waals surface area contributed by atoms with Crippen LogP contribution in [0.1, 0.15) is 18.0 Å². The van der Waals surface area contributed by atoms with E-state index in [2.05, 4.69) is 20.9 Å². The Balaban J connectivity index is 2.14. The van der Waals surface area contributed by atoms with Gasteiger partial charge in [-0.1, -0.05) is 0 Å². The summed E-state index contributed by atoms with van der Waals surface area (Å²) < 4.78 is 0.907. The molecule has 2 unspecified atom stereocenters. The number of nitrogens with zero attached hydrogens (tertiary/aromatic N) is 1. The smallest absolute Gasteiger partial charge is 0.159 e. The second-order valence-corrected chi connectivity index (χ2v) is 4.80. The number of carbonyl (C=O) groups is 1. The summed E-state index contributed by atoms with van der Waals surface area (Å²) in [5, 5.41) is 2.01. The number of hydrogen-bond donors (Lipinski definition) is 0. The predicted molar refractivity (Wildman–Crippen MR) is 46.7 cm³/mol. The number of thiazole rings is 1. The summed E-state index contributed by atoms with van der Waals surface area (Å²) in [5.74, 6) is 0.652. The van der Waals surface area contributed by atoms with Crippen LogP contribution >= 0.6 is 27.3 Å². The summed E-state index contributed by atoms with van der Waals surface area (Å²) in [6.45, 7) is 0. The summed E-state index contributed by atoms with van der Waals surface area (Å²) in [7, 11) is 0. The maximum absolute atomic E-state index is 10.3. The SMILES string of the molecule is O=CC1CC1c1csc(Br)n1. The van der Waals surface area contributed by atoms with Crippen molar-refractivity contribution in [1.82, 2.24) is 4.98 Å². The van der Waals surface area contributed by atoms with Crippen LogP contribution in [0, 0.1) is 5.92 Å². The van der Waals surface area contributed by atoms with Crippen LogP contribution in [-0.2, 0) is 4.79 Å².